The molecule has 0 radical (unpaired) electrons. The van der Waals surface area contributed by atoms with Gasteiger partial charge in [0.05, 0.1) is 17.6 Å². The van der Waals surface area contributed by atoms with Gasteiger partial charge in [0.2, 0.25) is 0 Å². The maximum atomic E-state index is 6.12. The molecule has 0 amide bonds. The van der Waals surface area contributed by atoms with Gasteiger partial charge in [0.15, 0.2) is 0 Å². The van der Waals surface area contributed by atoms with E-state index in [1.165, 1.54) is 86.0 Å². The first kappa shape index (κ1) is 23.2. The summed E-state index contributed by atoms with van der Waals surface area (Å²) in [5, 5.41) is 2.67. The zero-order chi connectivity index (χ0) is 21.2. The summed E-state index contributed by atoms with van der Waals surface area (Å²) in [6.07, 6.45) is 14.3. The lowest BCUT2D eigenvalue weighted by atomic mass is 10.1. The molecule has 164 valence electrons. The number of rotatable bonds is 14. The molecule has 2 nitrogen and oxygen atoms in total. The fraction of sp³-hybridized carbons (Fsp3) is 0.556. The van der Waals surface area contributed by atoms with E-state index in [2.05, 4.69) is 70.7 Å². The second kappa shape index (κ2) is 12.4. The molecular formula is C27H38BrNO. The van der Waals surface area contributed by atoms with Gasteiger partial charge in [0.1, 0.15) is 5.75 Å². The van der Waals surface area contributed by atoms with Gasteiger partial charge in [0.25, 0.3) is 0 Å². The lowest BCUT2D eigenvalue weighted by Crippen LogP contribution is -2.00. The fourth-order valence-electron chi connectivity index (χ4n) is 4.32. The van der Waals surface area contributed by atoms with Crippen molar-refractivity contribution in [3.05, 3.63) is 40.9 Å². The van der Waals surface area contributed by atoms with Crippen molar-refractivity contribution in [1.82, 2.24) is 4.57 Å². The molecule has 0 atom stereocenters. The quantitative estimate of drug-likeness (QED) is 0.213. The van der Waals surface area contributed by atoms with Gasteiger partial charge >= 0.3 is 0 Å². The Bertz CT molecular complexity index is 914. The summed E-state index contributed by atoms with van der Waals surface area (Å²) in [5.41, 5.74) is 2.63. The number of ether oxygens (including phenoxy) is 1. The molecular weight excluding hydrogens is 434 g/mol. The van der Waals surface area contributed by atoms with Crippen LogP contribution in [-0.4, -0.2) is 11.2 Å². The van der Waals surface area contributed by atoms with Crippen molar-refractivity contribution in [2.24, 2.45) is 0 Å². The average molecular weight is 473 g/mol. The van der Waals surface area contributed by atoms with Crippen molar-refractivity contribution in [2.45, 2.75) is 91.0 Å². The lowest BCUT2D eigenvalue weighted by Gasteiger charge is -2.10. The minimum absolute atomic E-state index is 0.818. The van der Waals surface area contributed by atoms with Crippen molar-refractivity contribution in [2.75, 3.05) is 6.61 Å². The Balaban J connectivity index is 1.73. The summed E-state index contributed by atoms with van der Waals surface area (Å²) >= 11 is 3.67. The van der Waals surface area contributed by atoms with E-state index < -0.39 is 0 Å². The molecule has 0 aliphatic rings. The van der Waals surface area contributed by atoms with Crippen molar-refractivity contribution < 1.29 is 4.74 Å². The third-order valence-electron chi connectivity index (χ3n) is 6.05. The molecule has 0 spiro atoms. The number of nitrogens with zero attached hydrogens (tertiary/aromatic N) is 1. The van der Waals surface area contributed by atoms with Crippen molar-refractivity contribution >= 4 is 37.7 Å². The van der Waals surface area contributed by atoms with Gasteiger partial charge in [0, 0.05) is 27.9 Å². The summed E-state index contributed by atoms with van der Waals surface area (Å²) in [6.45, 7) is 6.43. The molecule has 1 aromatic heterocycles. The number of unbranched alkanes of at least 4 members (excludes halogenated alkanes) is 9. The number of aryl methyl sites for hydroxylation is 1. The van der Waals surface area contributed by atoms with Gasteiger partial charge in [-0.25, -0.2) is 0 Å². The number of aromatic nitrogens is 1. The van der Waals surface area contributed by atoms with E-state index in [1.54, 1.807) is 0 Å². The van der Waals surface area contributed by atoms with Crippen LogP contribution in [0.1, 0.15) is 84.5 Å². The molecule has 0 bridgehead atoms. The molecule has 3 rings (SSSR count). The number of hydrogen-bond acceptors (Lipinski definition) is 1. The second-order valence-electron chi connectivity index (χ2n) is 8.52. The highest BCUT2D eigenvalue weighted by atomic mass is 79.9. The number of fused-ring (bicyclic) bond motifs is 3. The maximum Gasteiger partial charge on any atom is 0.121 e. The third-order valence-corrected chi connectivity index (χ3v) is 6.55. The van der Waals surface area contributed by atoms with Gasteiger partial charge in [-0.05, 0) is 37.1 Å². The summed E-state index contributed by atoms with van der Waals surface area (Å²) in [7, 11) is 0. The minimum atomic E-state index is 0.818. The minimum Gasteiger partial charge on any atom is -0.494 e. The Morgan fingerprint density at radius 3 is 2.03 bits per heavy atom. The molecule has 3 aromatic rings. The van der Waals surface area contributed by atoms with Gasteiger partial charge in [-0.1, -0.05) is 93.6 Å². The summed E-state index contributed by atoms with van der Waals surface area (Å²) in [4.78, 5) is 0. The van der Waals surface area contributed by atoms with Crippen LogP contribution in [0.25, 0.3) is 21.8 Å². The van der Waals surface area contributed by atoms with Crippen molar-refractivity contribution in [1.29, 1.82) is 0 Å². The van der Waals surface area contributed by atoms with Crippen LogP contribution in [0.3, 0.4) is 0 Å². The normalized spacial score (nSPS) is 11.6. The average Bonchev–Trinajstić information content (AvgIpc) is 3.05. The van der Waals surface area contributed by atoms with Crippen LogP contribution in [0.2, 0.25) is 0 Å². The smallest absolute Gasteiger partial charge is 0.121 e. The Morgan fingerprint density at radius 2 is 1.30 bits per heavy atom. The molecule has 3 heteroatoms. The zero-order valence-electron chi connectivity index (χ0n) is 18.9. The van der Waals surface area contributed by atoms with Gasteiger partial charge in [-0.2, -0.15) is 0 Å². The van der Waals surface area contributed by atoms with Crippen LogP contribution in [0.15, 0.2) is 40.9 Å². The topological polar surface area (TPSA) is 14.2 Å². The van der Waals surface area contributed by atoms with Crippen LogP contribution in [0.5, 0.6) is 5.75 Å². The van der Waals surface area contributed by atoms with Gasteiger partial charge < -0.3 is 9.30 Å². The first-order valence-corrected chi connectivity index (χ1v) is 12.9. The number of benzene rings is 2. The van der Waals surface area contributed by atoms with E-state index in [-0.39, 0.29) is 0 Å². The van der Waals surface area contributed by atoms with Crippen LogP contribution >= 0.6 is 15.9 Å². The van der Waals surface area contributed by atoms with E-state index in [0.29, 0.717) is 0 Å². The second-order valence-corrected chi connectivity index (χ2v) is 9.44. The van der Waals surface area contributed by atoms with Crippen LogP contribution in [0, 0.1) is 0 Å². The van der Waals surface area contributed by atoms with Crippen LogP contribution in [0.4, 0.5) is 0 Å². The molecule has 30 heavy (non-hydrogen) atoms. The van der Waals surface area contributed by atoms with Gasteiger partial charge in [-0.3, -0.25) is 0 Å². The first-order chi connectivity index (χ1) is 14.7. The largest absolute Gasteiger partial charge is 0.494 e. The van der Waals surface area contributed by atoms with Gasteiger partial charge in [-0.15, -0.1) is 0 Å². The predicted octanol–water partition coefficient (Wildman–Crippen LogP) is 9.27. The summed E-state index contributed by atoms with van der Waals surface area (Å²) < 4.78 is 9.76. The van der Waals surface area contributed by atoms with Crippen LogP contribution in [-0.2, 0) is 6.54 Å². The fourth-order valence-corrected chi connectivity index (χ4v) is 4.67. The Kier molecular flexibility index (Phi) is 9.58. The van der Waals surface area contributed by atoms with Crippen molar-refractivity contribution in [3.63, 3.8) is 0 Å². The van der Waals surface area contributed by atoms with Crippen molar-refractivity contribution in [3.8, 4) is 5.75 Å². The monoisotopic (exact) mass is 471 g/mol. The first-order valence-electron chi connectivity index (χ1n) is 12.1. The summed E-state index contributed by atoms with van der Waals surface area (Å²) in [5.74, 6) is 1.00. The highest BCUT2D eigenvalue weighted by Crippen LogP contribution is 2.33. The van der Waals surface area contributed by atoms with E-state index in [9.17, 15) is 0 Å². The van der Waals surface area contributed by atoms with E-state index in [1.807, 2.05) is 0 Å². The Hall–Kier alpha value is -1.48. The maximum absolute atomic E-state index is 6.12. The molecule has 0 saturated carbocycles. The molecule has 2 aromatic carbocycles. The number of halogens is 1. The zero-order valence-corrected chi connectivity index (χ0v) is 20.5. The molecule has 0 fully saturated rings. The SMILES string of the molecule is CCCCCCCCn1c2cc(Br)ccc2c2ccc(OCCCCCCC)cc21. The Labute approximate surface area is 191 Å². The van der Waals surface area contributed by atoms with E-state index in [0.717, 1.165) is 29.8 Å². The standard InChI is InChI=1S/C27H38BrNO/c1-3-5-7-9-10-12-18-29-26-20-22(28)14-16-24(26)25-17-15-23(21-27(25)29)30-19-13-11-8-6-4-2/h14-17,20-21H,3-13,18-19H2,1-2H3. The molecule has 1 heterocycles. The highest BCUT2D eigenvalue weighted by Gasteiger charge is 2.12. The number of hydrogen-bond donors (Lipinski definition) is 0. The Morgan fingerprint density at radius 1 is 0.700 bits per heavy atom. The molecule has 0 aliphatic carbocycles. The van der Waals surface area contributed by atoms with E-state index >= 15 is 0 Å². The summed E-state index contributed by atoms with van der Waals surface area (Å²) in [6, 6.07) is 13.3. The van der Waals surface area contributed by atoms with Crippen LogP contribution < -0.4 is 4.74 Å². The molecule has 0 N–H and O–H groups in total. The molecule has 0 aliphatic heterocycles. The van der Waals surface area contributed by atoms with E-state index in [4.69, 9.17) is 4.74 Å². The molecule has 0 saturated heterocycles. The lowest BCUT2D eigenvalue weighted by molar-refractivity contribution is 0.305. The molecule has 0 unspecified atom stereocenters. The predicted molar refractivity (Wildman–Crippen MR) is 135 cm³/mol. The third kappa shape index (κ3) is 6.26. The highest BCUT2D eigenvalue weighted by molar-refractivity contribution is 9.10.